The molecular weight excluding hydrogens is 366 g/mol. The molecule has 1 aromatic carbocycles. The molecule has 29 heavy (non-hydrogen) atoms. The summed E-state index contributed by atoms with van der Waals surface area (Å²) < 4.78 is 13.2. The van der Waals surface area contributed by atoms with Crippen LogP contribution in [0.2, 0.25) is 0 Å². The van der Waals surface area contributed by atoms with Gasteiger partial charge in [-0.3, -0.25) is 14.6 Å². The average Bonchev–Trinajstić information content (AvgIpc) is 3.05. The van der Waals surface area contributed by atoms with Crippen LogP contribution >= 0.6 is 0 Å². The molecule has 0 amide bonds. The fourth-order valence-corrected chi connectivity index (χ4v) is 3.91. The molecule has 0 bridgehead atoms. The minimum Gasteiger partial charge on any atom is -0.493 e. The normalized spacial score (nSPS) is 17.3. The summed E-state index contributed by atoms with van der Waals surface area (Å²) in [7, 11) is 3.60. The first-order chi connectivity index (χ1) is 14.1. The van der Waals surface area contributed by atoms with Crippen LogP contribution in [0.1, 0.15) is 35.7 Å². The van der Waals surface area contributed by atoms with E-state index in [2.05, 4.69) is 28.1 Å². The molecule has 1 fully saturated rings. The predicted molar refractivity (Wildman–Crippen MR) is 110 cm³/mol. The van der Waals surface area contributed by atoms with Gasteiger partial charge >= 0.3 is 0 Å². The molecule has 0 saturated carbocycles. The molecule has 0 spiro atoms. The molecule has 7 nitrogen and oxygen atoms in total. The van der Waals surface area contributed by atoms with Crippen LogP contribution in [0.15, 0.2) is 42.9 Å². The molecule has 3 heterocycles. The van der Waals surface area contributed by atoms with Crippen molar-refractivity contribution in [1.82, 2.24) is 24.6 Å². The lowest BCUT2D eigenvalue weighted by Gasteiger charge is -2.32. The largest absolute Gasteiger partial charge is 0.493 e. The van der Waals surface area contributed by atoms with Gasteiger partial charge in [-0.25, -0.2) is 4.98 Å². The molecule has 1 aliphatic rings. The lowest BCUT2D eigenvalue weighted by atomic mass is 9.94. The number of piperidine rings is 1. The number of ether oxygens (including phenoxy) is 2. The Morgan fingerprint density at radius 1 is 1.17 bits per heavy atom. The third-order valence-electron chi connectivity index (χ3n) is 5.35. The predicted octanol–water partition coefficient (Wildman–Crippen LogP) is 3.70. The van der Waals surface area contributed by atoms with Crippen LogP contribution < -0.4 is 9.47 Å². The number of likely N-dealkylation sites (tertiary alicyclic amines) is 1. The minimum absolute atomic E-state index is 0.342. The molecular formula is C22H27N5O2. The van der Waals surface area contributed by atoms with Gasteiger partial charge in [0.05, 0.1) is 24.7 Å². The Labute approximate surface area is 171 Å². The van der Waals surface area contributed by atoms with Crippen molar-refractivity contribution in [2.75, 3.05) is 20.2 Å². The van der Waals surface area contributed by atoms with Gasteiger partial charge in [-0.2, -0.15) is 5.10 Å². The summed E-state index contributed by atoms with van der Waals surface area (Å²) in [5.74, 6) is 2.15. The Bertz CT molecular complexity index is 971. The Hall–Kier alpha value is -2.93. The number of hydrogen-bond acceptors (Lipinski definition) is 6. The maximum atomic E-state index is 5.95. The van der Waals surface area contributed by atoms with Gasteiger partial charge in [0.1, 0.15) is 0 Å². The van der Waals surface area contributed by atoms with Gasteiger partial charge in [0.25, 0.3) is 0 Å². The molecule has 0 aliphatic carbocycles. The summed E-state index contributed by atoms with van der Waals surface area (Å²) in [5.41, 5.74) is 3.36. The zero-order chi connectivity index (χ0) is 20.2. The van der Waals surface area contributed by atoms with E-state index in [4.69, 9.17) is 14.5 Å². The summed E-state index contributed by atoms with van der Waals surface area (Å²) in [6.45, 7) is 5.04. The second-order valence-corrected chi connectivity index (χ2v) is 7.52. The highest BCUT2D eigenvalue weighted by molar-refractivity contribution is 5.41. The van der Waals surface area contributed by atoms with E-state index < -0.39 is 0 Å². The summed E-state index contributed by atoms with van der Waals surface area (Å²) >= 11 is 0. The third-order valence-corrected chi connectivity index (χ3v) is 5.35. The maximum Gasteiger partial charge on any atom is 0.238 e. The van der Waals surface area contributed by atoms with E-state index in [-0.39, 0.29) is 0 Å². The summed E-state index contributed by atoms with van der Waals surface area (Å²) in [5, 5.41) is 4.46. The average molecular weight is 393 g/mol. The van der Waals surface area contributed by atoms with E-state index in [1.54, 1.807) is 13.3 Å². The topological polar surface area (TPSA) is 65.3 Å². The number of methoxy groups -OCH3 is 1. The highest BCUT2D eigenvalue weighted by Crippen LogP contribution is 2.31. The zero-order valence-electron chi connectivity index (χ0n) is 17.2. The van der Waals surface area contributed by atoms with Crippen molar-refractivity contribution in [3.05, 3.63) is 59.8 Å². The van der Waals surface area contributed by atoms with Gasteiger partial charge in [0, 0.05) is 44.0 Å². The monoisotopic (exact) mass is 393 g/mol. The minimum atomic E-state index is 0.342. The van der Waals surface area contributed by atoms with Crippen LogP contribution in [-0.2, 0) is 13.6 Å². The Morgan fingerprint density at radius 2 is 2.00 bits per heavy atom. The van der Waals surface area contributed by atoms with Crippen LogP contribution in [-0.4, -0.2) is 44.8 Å². The molecule has 1 atom stereocenters. The van der Waals surface area contributed by atoms with E-state index >= 15 is 0 Å². The van der Waals surface area contributed by atoms with E-state index in [0.717, 1.165) is 43.9 Å². The molecule has 1 unspecified atom stereocenters. The quantitative estimate of drug-likeness (QED) is 0.636. The first-order valence-electron chi connectivity index (χ1n) is 9.96. The van der Waals surface area contributed by atoms with Crippen molar-refractivity contribution in [1.29, 1.82) is 0 Å². The van der Waals surface area contributed by atoms with E-state index in [1.165, 1.54) is 5.56 Å². The first kappa shape index (κ1) is 19.4. The number of aryl methyl sites for hydroxylation is 2. The summed E-state index contributed by atoms with van der Waals surface area (Å²) in [6.07, 6.45) is 7.87. The number of rotatable bonds is 6. The molecule has 0 radical (unpaired) electrons. The summed E-state index contributed by atoms with van der Waals surface area (Å²) in [4.78, 5) is 11.6. The van der Waals surface area contributed by atoms with Gasteiger partial charge in [0.2, 0.25) is 5.88 Å². The van der Waals surface area contributed by atoms with Gasteiger partial charge < -0.3 is 9.47 Å². The van der Waals surface area contributed by atoms with Crippen molar-refractivity contribution >= 4 is 0 Å². The van der Waals surface area contributed by atoms with Crippen molar-refractivity contribution in [2.45, 2.75) is 32.2 Å². The molecule has 1 saturated heterocycles. The second-order valence-electron chi connectivity index (χ2n) is 7.52. The number of nitrogens with zero attached hydrogens (tertiary/aromatic N) is 5. The number of hydrogen-bond donors (Lipinski definition) is 0. The van der Waals surface area contributed by atoms with E-state index in [1.807, 2.05) is 42.2 Å². The van der Waals surface area contributed by atoms with Crippen LogP contribution in [0.25, 0.3) is 0 Å². The number of para-hydroxylation sites is 2. The molecule has 7 heteroatoms. The summed E-state index contributed by atoms with van der Waals surface area (Å²) in [6, 6.07) is 7.56. The van der Waals surface area contributed by atoms with Gasteiger partial charge in [-0.05, 0) is 38.4 Å². The Balaban J connectivity index is 1.46. The zero-order valence-corrected chi connectivity index (χ0v) is 17.2. The molecule has 152 valence electrons. The first-order valence-corrected chi connectivity index (χ1v) is 9.96. The van der Waals surface area contributed by atoms with Gasteiger partial charge in [-0.1, -0.05) is 12.1 Å². The van der Waals surface area contributed by atoms with Gasteiger partial charge in [-0.15, -0.1) is 0 Å². The number of aromatic nitrogens is 4. The van der Waals surface area contributed by atoms with Crippen LogP contribution in [0.4, 0.5) is 0 Å². The Morgan fingerprint density at radius 3 is 2.76 bits per heavy atom. The smallest absolute Gasteiger partial charge is 0.238 e. The van der Waals surface area contributed by atoms with Crippen LogP contribution in [0, 0.1) is 6.92 Å². The van der Waals surface area contributed by atoms with Crippen molar-refractivity contribution in [3.63, 3.8) is 0 Å². The van der Waals surface area contributed by atoms with Crippen molar-refractivity contribution in [2.24, 2.45) is 7.05 Å². The van der Waals surface area contributed by atoms with Gasteiger partial charge in [0.15, 0.2) is 11.5 Å². The fraction of sp³-hybridized carbons (Fsp3) is 0.409. The fourth-order valence-electron chi connectivity index (χ4n) is 3.91. The maximum absolute atomic E-state index is 5.95. The second kappa shape index (κ2) is 8.61. The molecule has 3 aromatic rings. The molecule has 1 aliphatic heterocycles. The standard InChI is InChI=1S/C22H27N5O2/c1-16-18(13-26(2)25-16)15-27-10-6-7-17(14-27)19-11-23-12-22(24-19)29-21-9-5-4-8-20(21)28-3/h4-5,8-9,11-13,17H,6-7,10,14-15H2,1-3H3. The highest BCUT2D eigenvalue weighted by atomic mass is 16.5. The van der Waals surface area contributed by atoms with Crippen LogP contribution in [0.5, 0.6) is 17.4 Å². The molecule has 2 aromatic heterocycles. The lowest BCUT2D eigenvalue weighted by Crippen LogP contribution is -2.34. The van der Waals surface area contributed by atoms with E-state index in [0.29, 0.717) is 23.3 Å². The van der Waals surface area contributed by atoms with Crippen molar-refractivity contribution in [3.8, 4) is 17.4 Å². The SMILES string of the molecule is COc1ccccc1Oc1cncc(C2CCCN(Cc3cn(C)nc3C)C2)n1. The van der Waals surface area contributed by atoms with Crippen LogP contribution in [0.3, 0.4) is 0 Å². The van der Waals surface area contributed by atoms with E-state index in [9.17, 15) is 0 Å². The highest BCUT2D eigenvalue weighted by Gasteiger charge is 2.24. The molecule has 4 rings (SSSR count). The molecule has 0 N–H and O–H groups in total. The lowest BCUT2D eigenvalue weighted by molar-refractivity contribution is 0.197. The van der Waals surface area contributed by atoms with Crippen molar-refractivity contribution < 1.29 is 9.47 Å². The number of benzene rings is 1. The third kappa shape index (κ3) is 4.56. The Kier molecular flexibility index (Phi) is 5.76.